The van der Waals surface area contributed by atoms with E-state index < -0.39 is 10.0 Å². The molecule has 0 aliphatic heterocycles. The minimum absolute atomic E-state index is 0.0963. The van der Waals surface area contributed by atoms with Crippen molar-refractivity contribution in [3.05, 3.63) is 65.5 Å². The molecule has 0 spiro atoms. The van der Waals surface area contributed by atoms with Crippen molar-refractivity contribution in [1.29, 1.82) is 5.26 Å². The molecule has 0 saturated heterocycles. The zero-order valence-electron chi connectivity index (χ0n) is 11.4. The fourth-order valence-electron chi connectivity index (χ4n) is 1.83. The van der Waals surface area contributed by atoms with E-state index in [2.05, 4.69) is 9.71 Å². The molecule has 2 rings (SSSR count). The quantitative estimate of drug-likeness (QED) is 0.878. The Morgan fingerprint density at radius 3 is 2.52 bits per heavy atom. The standard InChI is InChI=1S/C15H15N3O2S/c16-11-13-4-6-14(7-5-13)12-21(19,20)18-10-8-15-3-1-2-9-17-15/h1-7,9,18H,8,10,12H2. The van der Waals surface area contributed by atoms with Crippen LogP contribution in [0.25, 0.3) is 0 Å². The van der Waals surface area contributed by atoms with E-state index in [0.717, 1.165) is 5.69 Å². The first-order chi connectivity index (χ1) is 10.1. The van der Waals surface area contributed by atoms with E-state index in [1.54, 1.807) is 30.5 Å². The Kier molecular flexibility index (Phi) is 5.04. The number of aromatic nitrogens is 1. The zero-order valence-corrected chi connectivity index (χ0v) is 12.2. The molecular weight excluding hydrogens is 286 g/mol. The number of pyridine rings is 1. The van der Waals surface area contributed by atoms with Crippen LogP contribution in [0.1, 0.15) is 16.8 Å². The van der Waals surface area contributed by atoms with Gasteiger partial charge >= 0.3 is 0 Å². The van der Waals surface area contributed by atoms with Crippen LogP contribution in [0.4, 0.5) is 0 Å². The summed E-state index contributed by atoms with van der Waals surface area (Å²) in [6, 6.07) is 14.1. The molecule has 2 aromatic rings. The number of nitriles is 1. The SMILES string of the molecule is N#Cc1ccc(CS(=O)(=O)NCCc2ccccn2)cc1. The normalized spacial score (nSPS) is 11.0. The number of hydrogen-bond acceptors (Lipinski definition) is 4. The van der Waals surface area contributed by atoms with Crippen LogP contribution in [0, 0.1) is 11.3 Å². The third kappa shape index (κ3) is 4.99. The van der Waals surface area contributed by atoms with Gasteiger partial charge in [-0.25, -0.2) is 13.1 Å². The smallest absolute Gasteiger partial charge is 0.215 e. The van der Waals surface area contributed by atoms with Crippen molar-refractivity contribution in [3.63, 3.8) is 0 Å². The highest BCUT2D eigenvalue weighted by Crippen LogP contribution is 2.07. The van der Waals surface area contributed by atoms with Crippen LogP contribution in [0.3, 0.4) is 0 Å². The average molecular weight is 301 g/mol. The summed E-state index contributed by atoms with van der Waals surface area (Å²) in [7, 11) is -3.39. The minimum atomic E-state index is -3.39. The zero-order chi connectivity index (χ0) is 15.1. The van der Waals surface area contributed by atoms with Crippen LogP contribution in [-0.2, 0) is 22.2 Å². The van der Waals surface area contributed by atoms with Crippen LogP contribution < -0.4 is 4.72 Å². The van der Waals surface area contributed by atoms with Crippen LogP contribution in [0.15, 0.2) is 48.7 Å². The van der Waals surface area contributed by atoms with Crippen molar-refractivity contribution in [2.24, 2.45) is 0 Å². The summed E-state index contributed by atoms with van der Waals surface area (Å²) in [5.41, 5.74) is 2.01. The first kappa shape index (κ1) is 15.2. The second-order valence-electron chi connectivity index (χ2n) is 4.53. The number of nitrogens with zero attached hydrogens (tertiary/aromatic N) is 2. The lowest BCUT2D eigenvalue weighted by molar-refractivity contribution is 0.580. The third-order valence-electron chi connectivity index (χ3n) is 2.87. The van der Waals surface area contributed by atoms with Gasteiger partial charge in [0.1, 0.15) is 0 Å². The summed E-state index contributed by atoms with van der Waals surface area (Å²) >= 11 is 0. The molecule has 0 fully saturated rings. The fourth-order valence-corrected chi connectivity index (χ4v) is 2.97. The molecule has 6 heteroatoms. The van der Waals surface area contributed by atoms with Gasteiger partial charge in [0.25, 0.3) is 0 Å². The molecule has 108 valence electrons. The third-order valence-corrected chi connectivity index (χ3v) is 4.23. The Morgan fingerprint density at radius 2 is 1.90 bits per heavy atom. The number of sulfonamides is 1. The van der Waals surface area contributed by atoms with Gasteiger partial charge in [0.05, 0.1) is 17.4 Å². The fraction of sp³-hybridized carbons (Fsp3) is 0.200. The van der Waals surface area contributed by atoms with E-state index in [4.69, 9.17) is 5.26 Å². The molecule has 1 N–H and O–H groups in total. The molecule has 0 aliphatic carbocycles. The monoisotopic (exact) mass is 301 g/mol. The number of nitrogens with one attached hydrogen (secondary N) is 1. The first-order valence-corrected chi connectivity index (χ1v) is 8.10. The van der Waals surface area contributed by atoms with Gasteiger partial charge in [0.2, 0.25) is 10.0 Å². The van der Waals surface area contributed by atoms with E-state index >= 15 is 0 Å². The molecule has 0 saturated carbocycles. The van der Waals surface area contributed by atoms with Gasteiger partial charge in [0.15, 0.2) is 0 Å². The Balaban J connectivity index is 1.88. The van der Waals surface area contributed by atoms with Gasteiger partial charge in [-0.15, -0.1) is 0 Å². The molecule has 1 heterocycles. The summed E-state index contributed by atoms with van der Waals surface area (Å²) in [6.07, 6.45) is 2.23. The number of rotatable bonds is 6. The molecule has 21 heavy (non-hydrogen) atoms. The van der Waals surface area contributed by atoms with Crippen molar-refractivity contribution >= 4 is 10.0 Å². The Morgan fingerprint density at radius 1 is 1.14 bits per heavy atom. The Hall–Kier alpha value is -2.23. The Labute approximate surface area is 124 Å². The van der Waals surface area contributed by atoms with Crippen molar-refractivity contribution in [2.75, 3.05) is 6.54 Å². The maximum Gasteiger partial charge on any atom is 0.215 e. The molecule has 0 bridgehead atoms. The summed E-state index contributed by atoms with van der Waals surface area (Å²) < 4.78 is 26.4. The maximum atomic E-state index is 11.9. The molecule has 0 aliphatic rings. The number of hydrogen-bond donors (Lipinski definition) is 1. The highest BCUT2D eigenvalue weighted by Gasteiger charge is 2.11. The summed E-state index contributed by atoms with van der Waals surface area (Å²) in [6.45, 7) is 0.315. The maximum absolute atomic E-state index is 11.9. The summed E-state index contributed by atoms with van der Waals surface area (Å²) in [5, 5.41) is 8.70. The van der Waals surface area contributed by atoms with E-state index in [0.29, 0.717) is 24.1 Å². The molecule has 1 aromatic carbocycles. The lowest BCUT2D eigenvalue weighted by Crippen LogP contribution is -2.27. The van der Waals surface area contributed by atoms with E-state index in [-0.39, 0.29) is 5.75 Å². The predicted octanol–water partition coefficient (Wildman–Crippen LogP) is 1.62. The molecule has 5 nitrogen and oxygen atoms in total. The van der Waals surface area contributed by atoms with E-state index in [1.165, 1.54) is 0 Å². The van der Waals surface area contributed by atoms with Crippen LogP contribution in [0.5, 0.6) is 0 Å². The molecule has 0 atom stereocenters. The molecule has 0 amide bonds. The number of benzene rings is 1. The highest BCUT2D eigenvalue weighted by molar-refractivity contribution is 7.88. The highest BCUT2D eigenvalue weighted by atomic mass is 32.2. The van der Waals surface area contributed by atoms with Crippen molar-refractivity contribution in [2.45, 2.75) is 12.2 Å². The van der Waals surface area contributed by atoms with Crippen molar-refractivity contribution < 1.29 is 8.42 Å². The average Bonchev–Trinajstić information content (AvgIpc) is 2.48. The van der Waals surface area contributed by atoms with Gasteiger partial charge in [-0.05, 0) is 29.8 Å². The van der Waals surface area contributed by atoms with Crippen molar-refractivity contribution in [1.82, 2.24) is 9.71 Å². The Bertz CT molecular complexity index is 720. The first-order valence-electron chi connectivity index (χ1n) is 6.45. The second kappa shape index (κ2) is 6.97. The van der Waals surface area contributed by atoms with Gasteiger partial charge in [0, 0.05) is 24.9 Å². The molecule has 0 radical (unpaired) electrons. The van der Waals surface area contributed by atoms with Gasteiger partial charge in [-0.3, -0.25) is 4.98 Å². The molecule has 0 unspecified atom stereocenters. The largest absolute Gasteiger partial charge is 0.261 e. The topological polar surface area (TPSA) is 82.8 Å². The van der Waals surface area contributed by atoms with Crippen molar-refractivity contribution in [3.8, 4) is 6.07 Å². The predicted molar refractivity (Wildman–Crippen MR) is 79.7 cm³/mol. The van der Waals surface area contributed by atoms with Crippen LogP contribution in [0.2, 0.25) is 0 Å². The van der Waals surface area contributed by atoms with Crippen LogP contribution in [-0.4, -0.2) is 19.9 Å². The summed E-state index contributed by atoms with van der Waals surface area (Å²) in [5.74, 6) is -0.0963. The lowest BCUT2D eigenvalue weighted by Gasteiger charge is -2.06. The second-order valence-corrected chi connectivity index (χ2v) is 6.34. The van der Waals surface area contributed by atoms with Gasteiger partial charge < -0.3 is 0 Å². The lowest BCUT2D eigenvalue weighted by atomic mass is 10.2. The van der Waals surface area contributed by atoms with Crippen LogP contribution >= 0.6 is 0 Å². The molecular formula is C15H15N3O2S. The van der Waals surface area contributed by atoms with E-state index in [1.807, 2.05) is 24.3 Å². The minimum Gasteiger partial charge on any atom is -0.261 e. The van der Waals surface area contributed by atoms with Gasteiger partial charge in [-0.1, -0.05) is 18.2 Å². The molecule has 1 aromatic heterocycles. The summed E-state index contributed by atoms with van der Waals surface area (Å²) in [4.78, 5) is 4.14. The van der Waals surface area contributed by atoms with Gasteiger partial charge in [-0.2, -0.15) is 5.26 Å². The van der Waals surface area contributed by atoms with E-state index in [9.17, 15) is 8.42 Å².